The molecule has 4 aromatic rings. The summed E-state index contributed by atoms with van der Waals surface area (Å²) in [6, 6.07) is 16.3. The number of rotatable bonds is 5. The SMILES string of the molecule is CC(Sc1nc(-c2ccco2)nc2ccccc12)C(=O)c1ccc2c(c1)NC(=O)CO2. The number of benzene rings is 2. The van der Waals surface area contributed by atoms with Crippen molar-refractivity contribution in [1.29, 1.82) is 0 Å². The van der Waals surface area contributed by atoms with Gasteiger partial charge in [-0.05, 0) is 43.3 Å². The molecule has 3 heterocycles. The highest BCUT2D eigenvalue weighted by Crippen LogP contribution is 2.34. The van der Waals surface area contributed by atoms with Gasteiger partial charge in [-0.3, -0.25) is 9.59 Å². The summed E-state index contributed by atoms with van der Waals surface area (Å²) < 4.78 is 10.8. The summed E-state index contributed by atoms with van der Waals surface area (Å²) in [5.41, 5.74) is 1.78. The third kappa shape index (κ3) is 3.77. The van der Waals surface area contributed by atoms with Gasteiger partial charge >= 0.3 is 0 Å². The molecule has 5 rings (SSSR count). The van der Waals surface area contributed by atoms with Crippen molar-refractivity contribution in [2.75, 3.05) is 11.9 Å². The van der Waals surface area contributed by atoms with Crippen LogP contribution in [0.25, 0.3) is 22.5 Å². The number of anilines is 1. The van der Waals surface area contributed by atoms with Gasteiger partial charge in [-0.1, -0.05) is 30.0 Å². The van der Waals surface area contributed by atoms with Crippen LogP contribution < -0.4 is 10.1 Å². The molecule has 0 saturated heterocycles. The molecule has 1 aliphatic heterocycles. The molecular weight excluding hydrogens is 414 g/mol. The van der Waals surface area contributed by atoms with E-state index in [1.807, 2.05) is 31.2 Å². The third-order valence-corrected chi connectivity index (χ3v) is 5.97. The summed E-state index contributed by atoms with van der Waals surface area (Å²) >= 11 is 1.36. The number of nitrogens with one attached hydrogen (secondary N) is 1. The molecule has 8 heteroatoms. The molecule has 0 radical (unpaired) electrons. The first-order valence-electron chi connectivity index (χ1n) is 9.67. The maximum absolute atomic E-state index is 13.1. The topological polar surface area (TPSA) is 94.3 Å². The fraction of sp³-hybridized carbons (Fsp3) is 0.130. The first kappa shape index (κ1) is 19.3. The van der Waals surface area contributed by atoms with Crippen molar-refractivity contribution < 1.29 is 18.7 Å². The second kappa shape index (κ2) is 7.88. The van der Waals surface area contributed by atoms with E-state index in [0.29, 0.717) is 33.6 Å². The molecular formula is C23H17N3O4S. The summed E-state index contributed by atoms with van der Waals surface area (Å²) in [4.78, 5) is 34.0. The van der Waals surface area contributed by atoms with E-state index in [4.69, 9.17) is 9.15 Å². The van der Waals surface area contributed by atoms with Crippen LogP contribution in [-0.4, -0.2) is 33.5 Å². The number of carbonyl (C=O) groups excluding carboxylic acids is 2. The van der Waals surface area contributed by atoms with Crippen LogP contribution in [-0.2, 0) is 4.79 Å². The highest BCUT2D eigenvalue weighted by atomic mass is 32.2. The standard InChI is InChI=1S/C23H17N3O4S/c1-13(21(28)14-8-9-18-17(11-14)24-20(27)12-30-18)31-23-15-5-2-3-6-16(15)25-22(26-23)19-7-4-10-29-19/h2-11,13H,12H2,1H3,(H,24,27). The molecule has 1 amide bonds. The zero-order chi connectivity index (χ0) is 21.4. The summed E-state index contributed by atoms with van der Waals surface area (Å²) in [6.45, 7) is 1.82. The average molecular weight is 431 g/mol. The molecule has 31 heavy (non-hydrogen) atoms. The van der Waals surface area contributed by atoms with Gasteiger partial charge in [-0.25, -0.2) is 9.97 Å². The van der Waals surface area contributed by atoms with E-state index in [2.05, 4.69) is 15.3 Å². The summed E-state index contributed by atoms with van der Waals surface area (Å²) in [7, 11) is 0. The lowest BCUT2D eigenvalue weighted by molar-refractivity contribution is -0.118. The Bertz CT molecular complexity index is 1300. The molecule has 2 aromatic carbocycles. The van der Waals surface area contributed by atoms with E-state index < -0.39 is 5.25 Å². The first-order chi connectivity index (χ1) is 15.1. The fourth-order valence-electron chi connectivity index (χ4n) is 3.35. The molecule has 7 nitrogen and oxygen atoms in total. The number of carbonyl (C=O) groups is 2. The van der Waals surface area contributed by atoms with Gasteiger partial charge in [-0.15, -0.1) is 0 Å². The van der Waals surface area contributed by atoms with Crippen molar-refractivity contribution in [3.63, 3.8) is 0 Å². The van der Waals surface area contributed by atoms with E-state index in [1.165, 1.54) is 11.8 Å². The van der Waals surface area contributed by atoms with Gasteiger partial charge < -0.3 is 14.5 Å². The molecule has 0 saturated carbocycles. The quantitative estimate of drug-likeness (QED) is 0.281. The molecule has 1 N–H and O–H groups in total. The number of nitrogens with zero attached hydrogens (tertiary/aromatic N) is 2. The van der Waals surface area contributed by atoms with Crippen LogP contribution in [0.4, 0.5) is 5.69 Å². The first-order valence-corrected chi connectivity index (χ1v) is 10.5. The lowest BCUT2D eigenvalue weighted by atomic mass is 10.1. The molecule has 1 atom stereocenters. The maximum atomic E-state index is 13.1. The third-order valence-electron chi connectivity index (χ3n) is 4.86. The number of furan rings is 1. The number of thioether (sulfide) groups is 1. The Hall–Kier alpha value is -3.65. The van der Waals surface area contributed by atoms with Crippen molar-refractivity contribution in [2.24, 2.45) is 0 Å². The molecule has 2 aromatic heterocycles. The van der Waals surface area contributed by atoms with Gasteiger partial charge in [0.25, 0.3) is 5.91 Å². The van der Waals surface area contributed by atoms with Crippen molar-refractivity contribution >= 4 is 40.0 Å². The van der Waals surface area contributed by atoms with Crippen LogP contribution in [0.2, 0.25) is 0 Å². The van der Waals surface area contributed by atoms with Crippen molar-refractivity contribution in [3.8, 4) is 17.3 Å². The van der Waals surface area contributed by atoms with Gasteiger partial charge in [0, 0.05) is 10.9 Å². The Morgan fingerprint density at radius 1 is 1.13 bits per heavy atom. The predicted molar refractivity (Wildman–Crippen MR) is 117 cm³/mol. The maximum Gasteiger partial charge on any atom is 0.262 e. The Labute approximate surface area is 181 Å². The summed E-state index contributed by atoms with van der Waals surface area (Å²) in [6.07, 6.45) is 1.57. The Balaban J connectivity index is 1.46. The van der Waals surface area contributed by atoms with Gasteiger partial charge in [0.05, 0.1) is 22.7 Å². The minimum Gasteiger partial charge on any atom is -0.482 e. The molecule has 0 bridgehead atoms. The normalized spacial score (nSPS) is 13.9. The van der Waals surface area contributed by atoms with Crippen LogP contribution in [0, 0.1) is 0 Å². The summed E-state index contributed by atoms with van der Waals surface area (Å²) in [5, 5.41) is 3.89. The monoisotopic (exact) mass is 431 g/mol. The number of Topliss-reactive ketones (excluding diaryl/α,β-unsaturated/α-hetero) is 1. The lowest BCUT2D eigenvalue weighted by Crippen LogP contribution is -2.25. The Morgan fingerprint density at radius 2 is 2.00 bits per heavy atom. The van der Waals surface area contributed by atoms with Crippen molar-refractivity contribution in [3.05, 3.63) is 66.4 Å². The number of para-hydroxylation sites is 1. The average Bonchev–Trinajstić information content (AvgIpc) is 3.33. The number of amides is 1. The smallest absolute Gasteiger partial charge is 0.262 e. The lowest BCUT2D eigenvalue weighted by Gasteiger charge is -2.19. The fourth-order valence-corrected chi connectivity index (χ4v) is 4.36. The minimum atomic E-state index is -0.416. The second-order valence-electron chi connectivity index (χ2n) is 7.02. The summed E-state index contributed by atoms with van der Waals surface area (Å²) in [5.74, 6) is 1.28. The van der Waals surface area contributed by atoms with Crippen LogP contribution in [0.15, 0.2) is 70.3 Å². The minimum absolute atomic E-state index is 0.0225. The van der Waals surface area contributed by atoms with Crippen LogP contribution in [0.3, 0.4) is 0 Å². The van der Waals surface area contributed by atoms with Crippen molar-refractivity contribution in [2.45, 2.75) is 17.2 Å². The zero-order valence-corrected chi connectivity index (χ0v) is 17.3. The van der Waals surface area contributed by atoms with Crippen LogP contribution >= 0.6 is 11.8 Å². The molecule has 0 fully saturated rings. The number of aromatic nitrogens is 2. The van der Waals surface area contributed by atoms with Crippen LogP contribution in [0.1, 0.15) is 17.3 Å². The predicted octanol–water partition coefficient (Wildman–Crippen LogP) is 4.58. The molecule has 1 aliphatic rings. The van der Waals surface area contributed by atoms with E-state index in [1.54, 1.807) is 36.6 Å². The Kier molecular flexibility index (Phi) is 4.91. The van der Waals surface area contributed by atoms with Crippen molar-refractivity contribution in [1.82, 2.24) is 9.97 Å². The van der Waals surface area contributed by atoms with Gasteiger partial charge in [0.2, 0.25) is 0 Å². The largest absolute Gasteiger partial charge is 0.482 e. The number of ether oxygens (including phenoxy) is 1. The number of ketones is 1. The number of fused-ring (bicyclic) bond motifs is 2. The number of hydrogen-bond acceptors (Lipinski definition) is 7. The van der Waals surface area contributed by atoms with E-state index >= 15 is 0 Å². The van der Waals surface area contributed by atoms with Gasteiger partial charge in [0.15, 0.2) is 24.0 Å². The highest BCUT2D eigenvalue weighted by Gasteiger charge is 2.23. The molecule has 0 spiro atoms. The zero-order valence-electron chi connectivity index (χ0n) is 16.5. The van der Waals surface area contributed by atoms with Crippen LogP contribution in [0.5, 0.6) is 5.75 Å². The van der Waals surface area contributed by atoms with E-state index in [-0.39, 0.29) is 18.3 Å². The Morgan fingerprint density at radius 3 is 2.84 bits per heavy atom. The highest BCUT2D eigenvalue weighted by molar-refractivity contribution is 8.00. The molecule has 1 unspecified atom stereocenters. The molecule has 154 valence electrons. The van der Waals surface area contributed by atoms with E-state index in [9.17, 15) is 9.59 Å². The van der Waals surface area contributed by atoms with Gasteiger partial charge in [-0.2, -0.15) is 0 Å². The van der Waals surface area contributed by atoms with E-state index in [0.717, 1.165) is 10.9 Å². The second-order valence-corrected chi connectivity index (χ2v) is 8.35. The van der Waals surface area contributed by atoms with Gasteiger partial charge in [0.1, 0.15) is 10.8 Å². The number of hydrogen-bond donors (Lipinski definition) is 1. The molecule has 0 aliphatic carbocycles.